The van der Waals surface area contributed by atoms with Crippen LogP contribution in [0, 0.1) is 0 Å². The third-order valence-corrected chi connectivity index (χ3v) is 6.22. The number of benzene rings is 2. The van der Waals surface area contributed by atoms with Crippen LogP contribution >= 0.6 is 0 Å². The lowest BCUT2D eigenvalue weighted by molar-refractivity contribution is 0.103. The molecule has 0 spiro atoms. The molecule has 0 aliphatic rings. The molecule has 2 rings (SSSR count). The Morgan fingerprint density at radius 1 is 1.00 bits per heavy atom. The maximum absolute atomic E-state index is 13.0. The van der Waals surface area contributed by atoms with Crippen molar-refractivity contribution in [2.45, 2.75) is 32.7 Å². The van der Waals surface area contributed by atoms with E-state index in [0.717, 1.165) is 22.2 Å². The third-order valence-electron chi connectivity index (χ3n) is 3.65. The van der Waals surface area contributed by atoms with Crippen LogP contribution in [0.4, 0.5) is 0 Å². The predicted molar refractivity (Wildman–Crippen MR) is 105 cm³/mol. The van der Waals surface area contributed by atoms with Crippen LogP contribution in [-0.2, 0) is 0 Å². The van der Waals surface area contributed by atoms with Crippen LogP contribution in [-0.4, -0.2) is 30.0 Å². The molecule has 0 unspecified atom stereocenters. The summed E-state index contributed by atoms with van der Waals surface area (Å²) < 4.78 is 11.3. The molecule has 0 heterocycles. The molecule has 0 bridgehead atoms. The van der Waals surface area contributed by atoms with E-state index in [1.165, 1.54) is 0 Å². The van der Waals surface area contributed by atoms with Gasteiger partial charge >= 0.3 is 0 Å². The second kappa shape index (κ2) is 7.36. The number of rotatable bonds is 6. The molecule has 2 aromatic rings. The lowest BCUT2D eigenvalue weighted by Gasteiger charge is -2.19. The summed E-state index contributed by atoms with van der Waals surface area (Å²) in [5.41, 5.74) is 1.45. The molecule has 3 nitrogen and oxygen atoms in total. The average molecular weight is 359 g/mol. The van der Waals surface area contributed by atoms with Gasteiger partial charge in [-0.3, -0.25) is 4.79 Å². The Labute approximate surface area is 147 Å². The molecule has 0 radical (unpaired) electrons. The molecule has 0 amide bonds. The lowest BCUT2D eigenvalue weighted by atomic mass is 10.0. The molecule has 0 aliphatic carbocycles. The fourth-order valence-corrected chi connectivity index (χ4v) is 4.74. The zero-order valence-corrected chi connectivity index (χ0v) is 17.5. The van der Waals surface area contributed by atoms with Gasteiger partial charge in [0.05, 0.1) is 15.9 Å². The summed E-state index contributed by atoms with van der Waals surface area (Å²) in [6.07, 6.45) is 0. The molecular weight excluding hydrogens is 332 g/mol. The third kappa shape index (κ3) is 4.58. The first-order chi connectivity index (χ1) is 11.2. The number of hydrogen-bond donors (Lipinski definition) is 0. The molecule has 2 aromatic carbocycles. The van der Waals surface area contributed by atoms with E-state index in [2.05, 4.69) is 32.7 Å². The summed E-state index contributed by atoms with van der Waals surface area (Å²) in [5.74, 6) is 1.63. The largest absolute Gasteiger partial charge is 0.544 e. The predicted octanol–water partition coefficient (Wildman–Crippen LogP) is 3.83. The minimum absolute atomic E-state index is 0.0508. The molecule has 0 saturated carbocycles. The van der Waals surface area contributed by atoms with Gasteiger partial charge in [-0.2, -0.15) is 0 Å². The second-order valence-electron chi connectivity index (χ2n) is 7.18. The average Bonchev–Trinajstić information content (AvgIpc) is 2.52. The number of methoxy groups -OCH3 is 1. The van der Waals surface area contributed by atoms with Gasteiger partial charge in [-0.15, -0.1) is 0 Å². The molecule has 0 fully saturated rings. The van der Waals surface area contributed by atoms with E-state index in [0.29, 0.717) is 5.56 Å². The van der Waals surface area contributed by atoms with E-state index >= 15 is 0 Å². The normalized spacial score (nSPS) is 11.5. The van der Waals surface area contributed by atoms with Crippen molar-refractivity contribution in [3.05, 3.63) is 53.6 Å². The number of carbonyl (C=O) groups is 1. The van der Waals surface area contributed by atoms with Gasteiger partial charge in [0.25, 0.3) is 0 Å². The summed E-state index contributed by atoms with van der Waals surface area (Å²) in [6.45, 7) is 10.8. The van der Waals surface area contributed by atoms with Crippen molar-refractivity contribution in [3.8, 4) is 11.5 Å². The van der Waals surface area contributed by atoms with E-state index in [1.807, 2.05) is 42.5 Å². The Bertz CT molecular complexity index is 734. The molecule has 0 N–H and O–H groups in total. The van der Waals surface area contributed by atoms with Crippen molar-refractivity contribution in [3.63, 3.8) is 0 Å². The Balaban J connectivity index is 2.40. The number of carbonyl (C=O) groups excluding carboxylic acids is 1. The minimum Gasteiger partial charge on any atom is -0.544 e. The maximum Gasteiger partial charge on any atom is 0.242 e. The molecule has 0 aliphatic heterocycles. The highest BCUT2D eigenvalue weighted by Gasteiger charge is 2.19. The van der Waals surface area contributed by atoms with E-state index in [4.69, 9.17) is 9.16 Å². The fraction of sp³-hybridized carbons (Fsp3) is 0.316. The Hall–Kier alpha value is -1.86. The van der Waals surface area contributed by atoms with Crippen LogP contribution in [0.5, 0.6) is 11.5 Å². The van der Waals surface area contributed by atoms with Crippen molar-refractivity contribution < 1.29 is 14.0 Å². The first-order valence-corrected chi connectivity index (χ1v) is 14.5. The van der Waals surface area contributed by atoms with Gasteiger partial charge in [0, 0.05) is 11.1 Å². The first-order valence-electron chi connectivity index (χ1n) is 8.23. The zero-order valence-electron chi connectivity index (χ0n) is 15.3. The van der Waals surface area contributed by atoms with Gasteiger partial charge in [-0.05, 0) is 55.2 Å². The van der Waals surface area contributed by atoms with Crippen LogP contribution in [0.25, 0.3) is 0 Å². The van der Waals surface area contributed by atoms with E-state index in [9.17, 15) is 4.79 Å². The highest BCUT2D eigenvalue weighted by molar-refractivity contribution is 6.72. The van der Waals surface area contributed by atoms with Crippen LogP contribution in [0.15, 0.2) is 42.5 Å². The zero-order chi connectivity index (χ0) is 17.9. The molecule has 0 saturated heterocycles. The molecule has 24 heavy (non-hydrogen) atoms. The van der Waals surface area contributed by atoms with Crippen molar-refractivity contribution in [2.24, 2.45) is 0 Å². The fourth-order valence-electron chi connectivity index (χ4n) is 2.56. The highest BCUT2D eigenvalue weighted by atomic mass is 28.4. The smallest absolute Gasteiger partial charge is 0.242 e. The van der Waals surface area contributed by atoms with Crippen LogP contribution in [0.1, 0.15) is 15.9 Å². The minimum atomic E-state index is -1.70. The molecule has 5 heteroatoms. The Morgan fingerprint density at radius 2 is 1.71 bits per heavy atom. The number of ether oxygens (including phenoxy) is 1. The van der Waals surface area contributed by atoms with Gasteiger partial charge in [-0.1, -0.05) is 25.2 Å². The van der Waals surface area contributed by atoms with E-state index in [1.54, 1.807) is 7.11 Å². The topological polar surface area (TPSA) is 35.5 Å². The molecule has 0 aromatic heterocycles. The summed E-state index contributed by atoms with van der Waals surface area (Å²) in [4.78, 5) is 13.0. The van der Waals surface area contributed by atoms with Crippen molar-refractivity contribution >= 4 is 28.1 Å². The number of ketones is 1. The highest BCUT2D eigenvalue weighted by Crippen LogP contribution is 2.21. The van der Waals surface area contributed by atoms with Crippen LogP contribution in [0.2, 0.25) is 32.7 Å². The summed E-state index contributed by atoms with van der Waals surface area (Å²) in [6, 6.07) is 13.3. The van der Waals surface area contributed by atoms with Crippen molar-refractivity contribution in [1.29, 1.82) is 0 Å². The van der Waals surface area contributed by atoms with Crippen LogP contribution in [0.3, 0.4) is 0 Å². The monoisotopic (exact) mass is 358 g/mol. The van der Waals surface area contributed by atoms with Gasteiger partial charge in [0.15, 0.2) is 5.78 Å². The van der Waals surface area contributed by atoms with Gasteiger partial charge in [0.2, 0.25) is 8.32 Å². The van der Waals surface area contributed by atoms with Gasteiger partial charge < -0.3 is 9.16 Å². The van der Waals surface area contributed by atoms with Crippen molar-refractivity contribution in [1.82, 2.24) is 0 Å². The Kier molecular flexibility index (Phi) is 5.67. The quantitative estimate of drug-likeness (QED) is 0.581. The molecule has 0 atom stereocenters. The van der Waals surface area contributed by atoms with Crippen molar-refractivity contribution in [2.75, 3.05) is 7.11 Å². The molecular formula is C19H26O3Si2. The van der Waals surface area contributed by atoms with E-state index < -0.39 is 17.1 Å². The molecule has 128 valence electrons. The lowest BCUT2D eigenvalue weighted by Crippen LogP contribution is -2.30. The first kappa shape index (κ1) is 18.5. The van der Waals surface area contributed by atoms with Gasteiger partial charge in [0.1, 0.15) is 11.5 Å². The summed E-state index contributed by atoms with van der Waals surface area (Å²) in [7, 11) is -1.21. The number of hydrogen-bond acceptors (Lipinski definition) is 3. The Morgan fingerprint density at radius 3 is 2.29 bits per heavy atom. The standard InChI is InChI=1S/C19H26O3Si2/c1-21-15-10-11-17(18(13-15)23(2)3)19(20)14-8-7-9-16(12-14)22-24(4,5)6/h7-13,23H,1-6H3. The summed E-state index contributed by atoms with van der Waals surface area (Å²) in [5, 5.41) is 1.14. The SMILES string of the molecule is COc1ccc(C(=O)c2cccc(O[Si](C)(C)C)c2)c([SiH](C)C)c1. The van der Waals surface area contributed by atoms with Gasteiger partial charge in [-0.25, -0.2) is 0 Å². The second-order valence-corrected chi connectivity index (χ2v) is 14.5. The van der Waals surface area contributed by atoms with E-state index in [-0.39, 0.29) is 5.78 Å². The maximum atomic E-state index is 13.0. The van der Waals surface area contributed by atoms with Crippen LogP contribution < -0.4 is 14.3 Å². The summed E-state index contributed by atoms with van der Waals surface area (Å²) >= 11 is 0.